The molecule has 2 N–H and O–H groups in total. The number of aromatic nitrogens is 2. The van der Waals surface area contributed by atoms with Gasteiger partial charge in [-0.2, -0.15) is 0 Å². The van der Waals surface area contributed by atoms with Crippen molar-refractivity contribution in [3.05, 3.63) is 71.7 Å². The lowest BCUT2D eigenvalue weighted by Crippen LogP contribution is -2.15. The van der Waals surface area contributed by atoms with Crippen molar-refractivity contribution >= 4 is 17.4 Å². The first-order chi connectivity index (χ1) is 14.1. The first-order valence-corrected chi connectivity index (χ1v) is 9.24. The molecule has 7 heteroatoms. The Morgan fingerprint density at radius 2 is 1.79 bits per heavy atom. The molecular formula is C22H24N4O3. The van der Waals surface area contributed by atoms with Crippen molar-refractivity contribution in [2.75, 3.05) is 31.4 Å². The van der Waals surface area contributed by atoms with Crippen LogP contribution in [0.1, 0.15) is 21.6 Å². The number of para-hydroxylation sites is 1. The SMILES string of the molecule is COc1ccc(CCNc2cnc(C(=O)Nc3ccccc3C)cn2)cc1OC. The number of carbonyl (C=O) groups is 1. The van der Waals surface area contributed by atoms with Gasteiger partial charge < -0.3 is 20.1 Å². The Morgan fingerprint density at radius 3 is 2.48 bits per heavy atom. The molecule has 1 aromatic heterocycles. The molecule has 0 aliphatic rings. The van der Waals surface area contributed by atoms with Crippen LogP contribution in [-0.2, 0) is 6.42 Å². The molecule has 0 fully saturated rings. The van der Waals surface area contributed by atoms with Gasteiger partial charge in [-0.3, -0.25) is 4.79 Å². The molecule has 29 heavy (non-hydrogen) atoms. The van der Waals surface area contributed by atoms with Gasteiger partial charge in [-0.05, 0) is 42.7 Å². The molecule has 1 heterocycles. The van der Waals surface area contributed by atoms with Crippen LogP contribution < -0.4 is 20.1 Å². The molecular weight excluding hydrogens is 368 g/mol. The van der Waals surface area contributed by atoms with E-state index in [2.05, 4.69) is 20.6 Å². The summed E-state index contributed by atoms with van der Waals surface area (Å²) in [6.07, 6.45) is 3.80. The van der Waals surface area contributed by atoms with E-state index in [-0.39, 0.29) is 11.6 Å². The predicted molar refractivity (Wildman–Crippen MR) is 113 cm³/mol. The normalized spacial score (nSPS) is 10.3. The monoisotopic (exact) mass is 392 g/mol. The number of nitrogens with zero attached hydrogens (tertiary/aromatic N) is 2. The zero-order valence-electron chi connectivity index (χ0n) is 16.7. The number of benzene rings is 2. The van der Waals surface area contributed by atoms with Crippen LogP contribution in [0.25, 0.3) is 0 Å². The second-order valence-electron chi connectivity index (χ2n) is 6.42. The summed E-state index contributed by atoms with van der Waals surface area (Å²) in [4.78, 5) is 20.8. The summed E-state index contributed by atoms with van der Waals surface area (Å²) in [5.74, 6) is 1.73. The second kappa shape index (κ2) is 9.54. The molecule has 150 valence electrons. The van der Waals surface area contributed by atoms with Crippen LogP contribution in [0, 0.1) is 6.92 Å². The smallest absolute Gasteiger partial charge is 0.275 e. The minimum Gasteiger partial charge on any atom is -0.493 e. The molecule has 7 nitrogen and oxygen atoms in total. The number of methoxy groups -OCH3 is 2. The first-order valence-electron chi connectivity index (χ1n) is 9.24. The molecule has 0 bridgehead atoms. The van der Waals surface area contributed by atoms with E-state index in [0.29, 0.717) is 23.9 Å². The second-order valence-corrected chi connectivity index (χ2v) is 6.42. The topological polar surface area (TPSA) is 85.4 Å². The third-order valence-electron chi connectivity index (χ3n) is 4.45. The van der Waals surface area contributed by atoms with Gasteiger partial charge in [0.15, 0.2) is 11.5 Å². The van der Waals surface area contributed by atoms with Crippen LogP contribution in [0.5, 0.6) is 11.5 Å². The molecule has 3 rings (SSSR count). The van der Waals surface area contributed by atoms with Crippen molar-refractivity contribution in [1.82, 2.24) is 9.97 Å². The maximum atomic E-state index is 12.3. The van der Waals surface area contributed by atoms with E-state index in [1.165, 1.54) is 6.20 Å². The molecule has 0 aliphatic carbocycles. The van der Waals surface area contributed by atoms with Crippen LogP contribution >= 0.6 is 0 Å². The van der Waals surface area contributed by atoms with Gasteiger partial charge in [-0.1, -0.05) is 24.3 Å². The molecule has 0 atom stereocenters. The lowest BCUT2D eigenvalue weighted by Gasteiger charge is -2.10. The quantitative estimate of drug-likeness (QED) is 0.608. The Kier molecular flexibility index (Phi) is 6.63. The first kappa shape index (κ1) is 20.1. The Hall–Kier alpha value is -3.61. The van der Waals surface area contributed by atoms with Crippen molar-refractivity contribution in [2.24, 2.45) is 0 Å². The van der Waals surface area contributed by atoms with E-state index in [1.807, 2.05) is 49.4 Å². The lowest BCUT2D eigenvalue weighted by molar-refractivity contribution is 0.102. The van der Waals surface area contributed by atoms with Gasteiger partial charge in [-0.25, -0.2) is 9.97 Å². The number of hydrogen-bond acceptors (Lipinski definition) is 6. The minimum absolute atomic E-state index is 0.263. The summed E-state index contributed by atoms with van der Waals surface area (Å²) in [5, 5.41) is 6.05. The largest absolute Gasteiger partial charge is 0.493 e. The minimum atomic E-state index is -0.288. The highest BCUT2D eigenvalue weighted by molar-refractivity contribution is 6.03. The van der Waals surface area contributed by atoms with E-state index in [9.17, 15) is 4.79 Å². The molecule has 0 unspecified atom stereocenters. The molecule has 1 amide bonds. The van der Waals surface area contributed by atoms with Gasteiger partial charge in [0.1, 0.15) is 11.5 Å². The summed E-state index contributed by atoms with van der Waals surface area (Å²) >= 11 is 0. The van der Waals surface area contributed by atoms with Gasteiger partial charge >= 0.3 is 0 Å². The average molecular weight is 392 g/mol. The third kappa shape index (κ3) is 5.22. The van der Waals surface area contributed by atoms with E-state index in [1.54, 1.807) is 20.4 Å². The van der Waals surface area contributed by atoms with Gasteiger partial charge in [-0.15, -0.1) is 0 Å². The Morgan fingerprint density at radius 1 is 1.00 bits per heavy atom. The molecule has 2 aromatic carbocycles. The Labute approximate surface area is 170 Å². The van der Waals surface area contributed by atoms with Gasteiger partial charge in [0.05, 0.1) is 26.6 Å². The highest BCUT2D eigenvalue weighted by Crippen LogP contribution is 2.27. The summed E-state index contributed by atoms with van der Waals surface area (Å²) in [6, 6.07) is 13.4. The number of nitrogens with one attached hydrogen (secondary N) is 2. The summed E-state index contributed by atoms with van der Waals surface area (Å²) in [7, 11) is 3.23. The fourth-order valence-electron chi connectivity index (χ4n) is 2.81. The fourth-order valence-corrected chi connectivity index (χ4v) is 2.81. The average Bonchev–Trinajstić information content (AvgIpc) is 2.75. The van der Waals surface area contributed by atoms with Gasteiger partial charge in [0.25, 0.3) is 5.91 Å². The van der Waals surface area contributed by atoms with Crippen molar-refractivity contribution in [1.29, 1.82) is 0 Å². The fraction of sp³-hybridized carbons (Fsp3) is 0.227. The van der Waals surface area contributed by atoms with E-state index in [0.717, 1.165) is 23.2 Å². The highest BCUT2D eigenvalue weighted by atomic mass is 16.5. The number of amides is 1. The maximum absolute atomic E-state index is 12.3. The van der Waals surface area contributed by atoms with Crippen molar-refractivity contribution in [3.8, 4) is 11.5 Å². The van der Waals surface area contributed by atoms with Crippen molar-refractivity contribution < 1.29 is 14.3 Å². The van der Waals surface area contributed by atoms with Crippen molar-refractivity contribution in [3.63, 3.8) is 0 Å². The van der Waals surface area contributed by atoms with Crippen LogP contribution in [0.2, 0.25) is 0 Å². The molecule has 3 aromatic rings. The number of aryl methyl sites for hydroxylation is 1. The van der Waals surface area contributed by atoms with Crippen LogP contribution in [-0.4, -0.2) is 36.6 Å². The van der Waals surface area contributed by atoms with E-state index >= 15 is 0 Å². The zero-order valence-corrected chi connectivity index (χ0v) is 16.7. The molecule has 0 saturated carbocycles. The molecule has 0 radical (unpaired) electrons. The maximum Gasteiger partial charge on any atom is 0.275 e. The summed E-state index contributed by atoms with van der Waals surface area (Å²) < 4.78 is 10.6. The third-order valence-corrected chi connectivity index (χ3v) is 4.45. The van der Waals surface area contributed by atoms with E-state index < -0.39 is 0 Å². The van der Waals surface area contributed by atoms with Gasteiger partial charge in [0.2, 0.25) is 0 Å². The molecule has 0 saturated heterocycles. The zero-order chi connectivity index (χ0) is 20.6. The molecule has 0 spiro atoms. The van der Waals surface area contributed by atoms with Crippen LogP contribution in [0.3, 0.4) is 0 Å². The number of anilines is 2. The van der Waals surface area contributed by atoms with Crippen LogP contribution in [0.4, 0.5) is 11.5 Å². The number of carbonyl (C=O) groups excluding carboxylic acids is 1. The Bertz CT molecular complexity index is 974. The molecule has 0 aliphatic heterocycles. The van der Waals surface area contributed by atoms with E-state index in [4.69, 9.17) is 9.47 Å². The van der Waals surface area contributed by atoms with Gasteiger partial charge in [0, 0.05) is 12.2 Å². The highest BCUT2D eigenvalue weighted by Gasteiger charge is 2.10. The van der Waals surface area contributed by atoms with Crippen LogP contribution in [0.15, 0.2) is 54.9 Å². The number of rotatable bonds is 8. The number of hydrogen-bond donors (Lipinski definition) is 2. The standard InChI is InChI=1S/C22H24N4O3/c1-15-6-4-5-7-17(15)26-22(27)18-13-25-21(14-24-18)23-11-10-16-8-9-19(28-2)20(12-16)29-3/h4-9,12-14H,10-11H2,1-3H3,(H,23,25)(H,26,27). The summed E-state index contributed by atoms with van der Waals surface area (Å²) in [6.45, 7) is 2.60. The summed E-state index contributed by atoms with van der Waals surface area (Å²) in [5.41, 5.74) is 3.12. The number of ether oxygens (including phenoxy) is 2. The Balaban J connectivity index is 1.54. The predicted octanol–water partition coefficient (Wildman–Crippen LogP) is 3.71. The van der Waals surface area contributed by atoms with Crippen molar-refractivity contribution in [2.45, 2.75) is 13.3 Å². The lowest BCUT2D eigenvalue weighted by atomic mass is 10.1.